The molecule has 3 atom stereocenters. The van der Waals surface area contributed by atoms with E-state index in [9.17, 15) is 9.59 Å². The first-order valence-electron chi connectivity index (χ1n) is 16.3. The summed E-state index contributed by atoms with van der Waals surface area (Å²) in [6, 6.07) is 11.3. The van der Waals surface area contributed by atoms with E-state index in [2.05, 4.69) is 52.3 Å². The number of urea groups is 1. The summed E-state index contributed by atoms with van der Waals surface area (Å²) in [7, 11) is 0. The van der Waals surface area contributed by atoms with E-state index in [0.717, 1.165) is 70.2 Å². The minimum atomic E-state index is -0.241. The van der Waals surface area contributed by atoms with Crippen LogP contribution in [0.1, 0.15) is 82.6 Å². The molecule has 0 aromatic heterocycles. The Morgan fingerprint density at radius 1 is 0.952 bits per heavy atom. The number of hydrogen-bond donors (Lipinski definition) is 1. The molecule has 42 heavy (non-hydrogen) atoms. The van der Waals surface area contributed by atoms with Gasteiger partial charge in [-0.05, 0) is 74.8 Å². The van der Waals surface area contributed by atoms with Crippen LogP contribution >= 0.6 is 0 Å². The van der Waals surface area contributed by atoms with Crippen molar-refractivity contribution in [3.63, 3.8) is 0 Å². The number of allylic oxidation sites excluding steroid dienone is 4. The van der Waals surface area contributed by atoms with E-state index in [1.807, 2.05) is 30.1 Å². The number of primary amides is 1. The van der Waals surface area contributed by atoms with Crippen LogP contribution in [-0.4, -0.2) is 77.7 Å². The summed E-state index contributed by atoms with van der Waals surface area (Å²) in [5, 5.41) is 0. The van der Waals surface area contributed by atoms with Gasteiger partial charge in [-0.15, -0.1) is 0 Å². The molecule has 1 aromatic rings. The van der Waals surface area contributed by atoms with Crippen molar-refractivity contribution in [2.24, 2.45) is 11.7 Å². The van der Waals surface area contributed by atoms with Crippen LogP contribution in [0.4, 0.5) is 9.59 Å². The van der Waals surface area contributed by atoms with E-state index >= 15 is 0 Å². The maximum absolute atomic E-state index is 13.0. The summed E-state index contributed by atoms with van der Waals surface area (Å²) in [5.41, 5.74) is 8.43. The molecule has 4 aliphatic rings. The van der Waals surface area contributed by atoms with Gasteiger partial charge in [0.1, 0.15) is 6.61 Å². The second kappa shape index (κ2) is 14.9. The van der Waals surface area contributed by atoms with Crippen molar-refractivity contribution >= 4 is 12.1 Å². The lowest BCUT2D eigenvalue weighted by Gasteiger charge is -2.39. The second-order valence-corrected chi connectivity index (χ2v) is 12.6. The van der Waals surface area contributed by atoms with Crippen LogP contribution in [0.15, 0.2) is 66.3 Å². The van der Waals surface area contributed by atoms with Crippen molar-refractivity contribution in [2.45, 2.75) is 95.2 Å². The minimum Gasteiger partial charge on any atom is -0.445 e. The van der Waals surface area contributed by atoms with Gasteiger partial charge in [0.2, 0.25) is 0 Å². The van der Waals surface area contributed by atoms with Crippen LogP contribution in [0.5, 0.6) is 0 Å². The Morgan fingerprint density at radius 3 is 2.43 bits per heavy atom. The van der Waals surface area contributed by atoms with Gasteiger partial charge in [0.15, 0.2) is 0 Å². The number of carbonyl (C=O) groups excluding carboxylic acids is 2. The number of carbonyl (C=O) groups is 2. The highest BCUT2D eigenvalue weighted by molar-refractivity contribution is 5.73. The van der Waals surface area contributed by atoms with E-state index in [0.29, 0.717) is 31.0 Å². The third kappa shape index (κ3) is 7.66. The Labute approximate surface area is 252 Å². The van der Waals surface area contributed by atoms with Gasteiger partial charge in [-0.2, -0.15) is 0 Å². The first kappa shape index (κ1) is 30.4. The number of benzene rings is 1. The Hall–Kier alpha value is -3.06. The zero-order valence-corrected chi connectivity index (χ0v) is 25.4. The van der Waals surface area contributed by atoms with Gasteiger partial charge in [0, 0.05) is 44.3 Å². The number of ether oxygens (including phenoxy) is 1. The van der Waals surface area contributed by atoms with Crippen molar-refractivity contribution in [1.82, 2.24) is 14.7 Å². The fourth-order valence-electron chi connectivity index (χ4n) is 7.88. The Balaban J connectivity index is 1.19. The standard InChI is InChI=1S/C35H50N4O3/c1-2-38(35(41)42-26-27-13-7-3-4-8-14-27)30-19-21-37(22-20-30)25-29-23-32(24-33(29)28-15-9-5-10-16-28)39(34(36)40)31-17-11-6-12-18-31/h3,5,7-10,13-16,29-33H,2,4,6,11-12,17-26H2,1H3,(H2,36,40)/t29-,32?,33?/m1/s1. The molecule has 228 valence electrons. The average Bonchev–Trinajstić information content (AvgIpc) is 3.23. The predicted octanol–water partition coefficient (Wildman–Crippen LogP) is 6.63. The maximum atomic E-state index is 13.0. The molecule has 2 unspecified atom stereocenters. The summed E-state index contributed by atoms with van der Waals surface area (Å²) in [4.78, 5) is 32.3. The largest absolute Gasteiger partial charge is 0.445 e. The lowest BCUT2D eigenvalue weighted by molar-refractivity contribution is 0.0686. The summed E-state index contributed by atoms with van der Waals surface area (Å²) in [6.45, 7) is 5.96. The molecule has 1 aromatic carbocycles. The number of piperidine rings is 1. The quantitative estimate of drug-likeness (QED) is 0.359. The number of rotatable bonds is 9. The van der Waals surface area contributed by atoms with E-state index in [-0.39, 0.29) is 24.2 Å². The topological polar surface area (TPSA) is 79.1 Å². The smallest absolute Gasteiger partial charge is 0.410 e. The van der Waals surface area contributed by atoms with Crippen molar-refractivity contribution in [1.29, 1.82) is 0 Å². The average molecular weight is 575 g/mol. The van der Waals surface area contributed by atoms with E-state index in [4.69, 9.17) is 10.5 Å². The highest BCUT2D eigenvalue weighted by atomic mass is 16.6. The maximum Gasteiger partial charge on any atom is 0.410 e. The highest BCUT2D eigenvalue weighted by Crippen LogP contribution is 2.44. The molecule has 2 N–H and O–H groups in total. The van der Waals surface area contributed by atoms with Crippen molar-refractivity contribution in [3.05, 3.63) is 71.8 Å². The van der Waals surface area contributed by atoms with Gasteiger partial charge in [-0.25, -0.2) is 9.59 Å². The zero-order chi connectivity index (χ0) is 29.3. The molecule has 7 heteroatoms. The zero-order valence-electron chi connectivity index (χ0n) is 25.4. The monoisotopic (exact) mass is 574 g/mol. The predicted molar refractivity (Wildman–Crippen MR) is 168 cm³/mol. The van der Waals surface area contributed by atoms with Gasteiger partial charge in [0.05, 0.1) is 0 Å². The van der Waals surface area contributed by atoms with Crippen LogP contribution in [0, 0.1) is 5.92 Å². The Kier molecular flexibility index (Phi) is 10.8. The molecular formula is C35H50N4O3. The summed E-state index contributed by atoms with van der Waals surface area (Å²) >= 11 is 0. The molecule has 1 saturated heterocycles. The van der Waals surface area contributed by atoms with Crippen LogP contribution < -0.4 is 5.73 Å². The van der Waals surface area contributed by atoms with E-state index in [1.54, 1.807) is 0 Å². The van der Waals surface area contributed by atoms with Crippen LogP contribution in [-0.2, 0) is 4.74 Å². The molecule has 3 aliphatic carbocycles. The van der Waals surface area contributed by atoms with Gasteiger partial charge >= 0.3 is 12.1 Å². The Morgan fingerprint density at radius 2 is 1.71 bits per heavy atom. The van der Waals surface area contributed by atoms with Gasteiger partial charge < -0.3 is 25.2 Å². The van der Waals surface area contributed by atoms with E-state index < -0.39 is 0 Å². The van der Waals surface area contributed by atoms with Gasteiger partial charge in [-0.1, -0.05) is 80.0 Å². The van der Waals surface area contributed by atoms with Crippen LogP contribution in [0.25, 0.3) is 0 Å². The molecule has 1 aliphatic heterocycles. The lowest BCUT2D eigenvalue weighted by Crippen LogP contribution is -2.50. The molecule has 3 fully saturated rings. The first-order chi connectivity index (χ1) is 20.5. The molecular weight excluding hydrogens is 524 g/mol. The molecule has 2 saturated carbocycles. The summed E-state index contributed by atoms with van der Waals surface area (Å²) in [6.07, 6.45) is 20.7. The summed E-state index contributed by atoms with van der Waals surface area (Å²) in [5.74, 6) is 0.894. The van der Waals surface area contributed by atoms with Gasteiger partial charge in [0.25, 0.3) is 0 Å². The molecule has 7 nitrogen and oxygen atoms in total. The van der Waals surface area contributed by atoms with Crippen LogP contribution in [0.3, 0.4) is 0 Å². The van der Waals surface area contributed by atoms with Crippen LogP contribution in [0.2, 0.25) is 0 Å². The van der Waals surface area contributed by atoms with E-state index in [1.165, 1.54) is 24.8 Å². The number of nitrogens with two attached hydrogens (primary N) is 1. The molecule has 0 radical (unpaired) electrons. The molecule has 3 amide bonds. The number of likely N-dealkylation sites (tertiary alicyclic amines) is 1. The normalized spacial score (nSPS) is 25.5. The molecule has 5 rings (SSSR count). The van der Waals surface area contributed by atoms with Gasteiger partial charge in [-0.3, -0.25) is 0 Å². The number of hydrogen-bond acceptors (Lipinski definition) is 4. The third-order valence-electron chi connectivity index (χ3n) is 9.99. The van der Waals surface area contributed by atoms with Crippen molar-refractivity contribution in [3.8, 4) is 0 Å². The fourth-order valence-corrected chi connectivity index (χ4v) is 7.88. The fraction of sp³-hybridized carbons (Fsp3) is 0.600. The molecule has 1 heterocycles. The number of amides is 3. The Bertz CT molecular complexity index is 1120. The number of nitrogens with zero attached hydrogens (tertiary/aromatic N) is 3. The first-order valence-corrected chi connectivity index (χ1v) is 16.3. The van der Waals surface area contributed by atoms with Crippen molar-refractivity contribution < 1.29 is 14.3 Å². The van der Waals surface area contributed by atoms with Crippen molar-refractivity contribution in [2.75, 3.05) is 32.8 Å². The molecule has 0 bridgehead atoms. The third-order valence-corrected chi connectivity index (χ3v) is 9.99. The molecule has 0 spiro atoms. The second-order valence-electron chi connectivity index (χ2n) is 12.6. The highest BCUT2D eigenvalue weighted by Gasteiger charge is 2.42. The SMILES string of the molecule is CCN(C(=O)OCC1=CC=CCC=C1)C1CCN(C[C@H]2CC(N(C(N)=O)C3CCCCC3)CC2c2ccccc2)CC1. The minimum absolute atomic E-state index is 0.204. The summed E-state index contributed by atoms with van der Waals surface area (Å²) < 4.78 is 5.72. The lowest BCUT2D eigenvalue weighted by atomic mass is 9.88.